The Kier molecular flexibility index (Phi) is 4.00. The van der Waals surface area contributed by atoms with Gasteiger partial charge in [-0.1, -0.05) is 11.2 Å². The first kappa shape index (κ1) is 14.1. The van der Waals surface area contributed by atoms with E-state index in [1.165, 1.54) is 0 Å². The lowest BCUT2D eigenvalue weighted by Crippen LogP contribution is -2.03. The molecule has 0 aliphatic heterocycles. The van der Waals surface area contributed by atoms with Crippen LogP contribution in [0.2, 0.25) is 0 Å². The Morgan fingerprint density at radius 3 is 2.50 bits per heavy atom. The fourth-order valence-electron chi connectivity index (χ4n) is 1.91. The maximum absolute atomic E-state index is 5.78. The molecule has 1 aromatic carbocycles. The van der Waals surface area contributed by atoms with E-state index in [4.69, 9.17) is 14.0 Å². The summed E-state index contributed by atoms with van der Waals surface area (Å²) in [6.45, 7) is 1.85. The zero-order valence-electron chi connectivity index (χ0n) is 12.3. The molecule has 22 heavy (non-hydrogen) atoms. The summed E-state index contributed by atoms with van der Waals surface area (Å²) in [7, 11) is 1.62. The number of hydrogen-bond donors (Lipinski definition) is 0. The van der Waals surface area contributed by atoms with Gasteiger partial charge in [0, 0.05) is 6.20 Å². The summed E-state index contributed by atoms with van der Waals surface area (Å²) >= 11 is 0. The van der Waals surface area contributed by atoms with Crippen molar-refractivity contribution < 1.29 is 14.0 Å². The van der Waals surface area contributed by atoms with Crippen molar-refractivity contribution in [3.8, 4) is 23.0 Å². The van der Waals surface area contributed by atoms with E-state index in [1.54, 1.807) is 13.3 Å². The van der Waals surface area contributed by atoms with Crippen LogP contribution in [-0.4, -0.2) is 22.2 Å². The fourth-order valence-corrected chi connectivity index (χ4v) is 1.91. The number of nitrogens with zero attached hydrogens (tertiary/aromatic N) is 3. The van der Waals surface area contributed by atoms with Crippen molar-refractivity contribution in [2.24, 2.45) is 0 Å². The third kappa shape index (κ3) is 3.06. The van der Waals surface area contributed by atoms with Gasteiger partial charge in [-0.05, 0) is 43.3 Å². The van der Waals surface area contributed by atoms with Crippen molar-refractivity contribution in [2.45, 2.75) is 13.0 Å². The number of ether oxygens (including phenoxy) is 2. The number of aromatic nitrogens is 3. The molecule has 6 heteroatoms. The Bertz CT molecular complexity index is 726. The van der Waals surface area contributed by atoms with Crippen LogP contribution in [0, 0.1) is 0 Å². The van der Waals surface area contributed by atoms with E-state index in [2.05, 4.69) is 15.1 Å². The van der Waals surface area contributed by atoms with E-state index in [0.29, 0.717) is 23.2 Å². The molecule has 2 heterocycles. The molecule has 0 N–H and O–H groups in total. The van der Waals surface area contributed by atoms with E-state index in [9.17, 15) is 0 Å². The molecular formula is C16H15N3O3. The fraction of sp³-hybridized carbons (Fsp3) is 0.188. The van der Waals surface area contributed by atoms with Crippen LogP contribution in [0.25, 0.3) is 11.5 Å². The number of rotatable bonds is 5. The monoisotopic (exact) mass is 297 g/mol. The standard InChI is InChI=1S/C16H15N3O3/c1-11(21-13-8-6-12(20-2)7-9-13)16-18-15(19-22-16)14-5-3-4-10-17-14/h3-11H,1-2H3/t11-/m1/s1. The van der Waals surface area contributed by atoms with Crippen LogP contribution in [0.1, 0.15) is 18.9 Å². The predicted molar refractivity (Wildman–Crippen MR) is 79.6 cm³/mol. The average Bonchev–Trinajstić information content (AvgIpc) is 3.06. The van der Waals surface area contributed by atoms with Gasteiger partial charge >= 0.3 is 0 Å². The molecule has 0 aliphatic carbocycles. The highest BCUT2D eigenvalue weighted by Gasteiger charge is 2.17. The molecule has 0 unspecified atom stereocenters. The SMILES string of the molecule is COc1ccc(O[C@H](C)c2nc(-c3ccccn3)no2)cc1. The van der Waals surface area contributed by atoms with E-state index in [-0.39, 0.29) is 6.10 Å². The Morgan fingerprint density at radius 2 is 1.82 bits per heavy atom. The summed E-state index contributed by atoms with van der Waals surface area (Å²) in [4.78, 5) is 8.51. The third-order valence-electron chi connectivity index (χ3n) is 3.06. The van der Waals surface area contributed by atoms with Gasteiger partial charge in [0.2, 0.25) is 5.82 Å². The zero-order chi connectivity index (χ0) is 15.4. The number of pyridine rings is 1. The van der Waals surface area contributed by atoms with Crippen LogP contribution in [0.15, 0.2) is 53.2 Å². The smallest absolute Gasteiger partial charge is 0.267 e. The van der Waals surface area contributed by atoms with Crippen molar-refractivity contribution in [3.63, 3.8) is 0 Å². The topological polar surface area (TPSA) is 70.3 Å². The molecule has 0 radical (unpaired) electrons. The van der Waals surface area contributed by atoms with Gasteiger partial charge in [0.15, 0.2) is 6.10 Å². The first-order valence-corrected chi connectivity index (χ1v) is 6.82. The van der Waals surface area contributed by atoms with Crippen molar-refractivity contribution in [2.75, 3.05) is 7.11 Å². The molecule has 0 aliphatic rings. The van der Waals surface area contributed by atoms with Gasteiger partial charge in [0.25, 0.3) is 5.89 Å². The largest absolute Gasteiger partial charge is 0.497 e. The summed E-state index contributed by atoms with van der Waals surface area (Å²) in [6.07, 6.45) is 1.32. The maximum atomic E-state index is 5.78. The first-order chi connectivity index (χ1) is 10.8. The van der Waals surface area contributed by atoms with Gasteiger partial charge in [0.1, 0.15) is 17.2 Å². The summed E-state index contributed by atoms with van der Waals surface area (Å²) < 4.78 is 16.1. The second-order valence-corrected chi connectivity index (χ2v) is 4.61. The van der Waals surface area contributed by atoms with Gasteiger partial charge in [-0.3, -0.25) is 4.98 Å². The Morgan fingerprint density at radius 1 is 1.05 bits per heavy atom. The van der Waals surface area contributed by atoms with E-state index < -0.39 is 0 Å². The lowest BCUT2D eigenvalue weighted by Gasteiger charge is -2.10. The zero-order valence-corrected chi connectivity index (χ0v) is 12.3. The quantitative estimate of drug-likeness (QED) is 0.719. The first-order valence-electron chi connectivity index (χ1n) is 6.82. The highest BCUT2D eigenvalue weighted by Crippen LogP contribution is 2.24. The van der Waals surface area contributed by atoms with Crippen molar-refractivity contribution in [1.82, 2.24) is 15.1 Å². The van der Waals surface area contributed by atoms with Crippen LogP contribution in [0.5, 0.6) is 11.5 Å². The molecular weight excluding hydrogens is 282 g/mol. The Labute approximate surface area is 127 Å². The molecule has 0 saturated carbocycles. The minimum atomic E-state index is -0.363. The van der Waals surface area contributed by atoms with Crippen molar-refractivity contribution >= 4 is 0 Å². The molecule has 3 rings (SSSR count). The highest BCUT2D eigenvalue weighted by atomic mass is 16.5. The second kappa shape index (κ2) is 6.26. The minimum absolute atomic E-state index is 0.363. The normalized spacial score (nSPS) is 11.9. The lowest BCUT2D eigenvalue weighted by atomic mass is 10.3. The molecule has 0 saturated heterocycles. The number of benzene rings is 1. The van der Waals surface area contributed by atoms with E-state index in [1.807, 2.05) is 49.4 Å². The minimum Gasteiger partial charge on any atom is -0.497 e. The maximum Gasteiger partial charge on any atom is 0.267 e. The van der Waals surface area contributed by atoms with Gasteiger partial charge < -0.3 is 14.0 Å². The number of methoxy groups -OCH3 is 1. The van der Waals surface area contributed by atoms with Gasteiger partial charge in [-0.2, -0.15) is 4.98 Å². The highest BCUT2D eigenvalue weighted by molar-refractivity contribution is 5.47. The lowest BCUT2D eigenvalue weighted by molar-refractivity contribution is 0.175. The van der Waals surface area contributed by atoms with Crippen LogP contribution in [0.3, 0.4) is 0 Å². The van der Waals surface area contributed by atoms with Crippen LogP contribution < -0.4 is 9.47 Å². The third-order valence-corrected chi connectivity index (χ3v) is 3.06. The molecule has 0 bridgehead atoms. The van der Waals surface area contributed by atoms with E-state index >= 15 is 0 Å². The molecule has 3 aromatic rings. The second-order valence-electron chi connectivity index (χ2n) is 4.61. The molecule has 0 amide bonds. The summed E-state index contributed by atoms with van der Waals surface area (Å²) in [6, 6.07) is 12.8. The van der Waals surface area contributed by atoms with Gasteiger partial charge in [0.05, 0.1) is 7.11 Å². The van der Waals surface area contributed by atoms with Crippen LogP contribution in [0.4, 0.5) is 0 Å². The molecule has 6 nitrogen and oxygen atoms in total. The van der Waals surface area contributed by atoms with Crippen molar-refractivity contribution in [3.05, 3.63) is 54.6 Å². The average molecular weight is 297 g/mol. The van der Waals surface area contributed by atoms with E-state index in [0.717, 1.165) is 5.75 Å². The molecule has 112 valence electrons. The molecule has 1 atom stereocenters. The summed E-state index contributed by atoms with van der Waals surface area (Å²) in [5, 5.41) is 3.93. The molecule has 0 spiro atoms. The van der Waals surface area contributed by atoms with Crippen LogP contribution in [-0.2, 0) is 0 Å². The molecule has 2 aromatic heterocycles. The summed E-state index contributed by atoms with van der Waals surface area (Å²) in [5.74, 6) is 2.32. The summed E-state index contributed by atoms with van der Waals surface area (Å²) in [5.41, 5.74) is 0.661. The van der Waals surface area contributed by atoms with Crippen LogP contribution >= 0.6 is 0 Å². The van der Waals surface area contributed by atoms with Gasteiger partial charge in [-0.15, -0.1) is 0 Å². The Balaban J connectivity index is 1.72. The van der Waals surface area contributed by atoms with Gasteiger partial charge in [-0.25, -0.2) is 0 Å². The number of hydrogen-bond acceptors (Lipinski definition) is 6. The van der Waals surface area contributed by atoms with Crippen molar-refractivity contribution in [1.29, 1.82) is 0 Å². The molecule has 0 fully saturated rings. The predicted octanol–water partition coefficient (Wildman–Crippen LogP) is 3.28. The Hall–Kier alpha value is -2.89.